The van der Waals surface area contributed by atoms with E-state index >= 15 is 0 Å². The number of hydrogen-bond donors (Lipinski definition) is 2. The fraction of sp³-hybridized carbons (Fsp3) is 0.312. The van der Waals surface area contributed by atoms with Crippen molar-refractivity contribution in [3.05, 3.63) is 94.7 Å². The molecular formula is C32H34F3N5O. The number of carbonyl (C=O) groups excluding carboxylic acids is 1. The first-order chi connectivity index (χ1) is 19.7. The highest BCUT2D eigenvalue weighted by Gasteiger charge is 2.30. The van der Waals surface area contributed by atoms with Gasteiger partial charge in [-0.1, -0.05) is 32.0 Å². The maximum Gasteiger partial charge on any atom is 0.416 e. The van der Waals surface area contributed by atoms with Crippen LogP contribution in [0.25, 0.3) is 10.9 Å². The number of nitrogens with zero attached hydrogens (tertiary/aromatic N) is 3. The summed E-state index contributed by atoms with van der Waals surface area (Å²) in [5.74, 6) is -0.198. The molecule has 1 aromatic heterocycles. The summed E-state index contributed by atoms with van der Waals surface area (Å²) in [7, 11) is 0. The van der Waals surface area contributed by atoms with Gasteiger partial charge in [0.15, 0.2) is 0 Å². The predicted octanol–water partition coefficient (Wildman–Crippen LogP) is 6.54. The topological polar surface area (TPSA) is 74.5 Å². The number of anilines is 3. The molecule has 6 nitrogen and oxygen atoms in total. The van der Waals surface area contributed by atoms with E-state index in [1.165, 1.54) is 12.1 Å². The number of pyridine rings is 1. The Morgan fingerprint density at radius 2 is 1.66 bits per heavy atom. The Morgan fingerprint density at radius 3 is 2.32 bits per heavy atom. The number of carbonyl (C=O) groups is 1. The standard InChI is InChI=1S/C32H34F3N5O/c1-3-25-28(4-2)38-29-14-11-23(19-27(29)30(25)36)37-31(41)26-8-6-5-7-21(26)20-39-15-17-40(18-16-39)24-12-9-22(10-13-24)32(33,34)35/h5-14,19H,3-4,15-18,20H2,1-2H3,(H2,36,38)(H,37,41). The molecule has 0 unspecified atom stereocenters. The molecule has 0 bridgehead atoms. The summed E-state index contributed by atoms with van der Waals surface area (Å²) in [5.41, 5.74) is 12.4. The van der Waals surface area contributed by atoms with E-state index in [2.05, 4.69) is 29.0 Å². The molecular weight excluding hydrogens is 527 g/mol. The minimum absolute atomic E-state index is 0.198. The Labute approximate surface area is 238 Å². The van der Waals surface area contributed by atoms with Gasteiger partial charge in [0.05, 0.1) is 11.1 Å². The Hall–Kier alpha value is -4.11. The first-order valence-corrected chi connectivity index (χ1v) is 13.9. The van der Waals surface area contributed by atoms with Gasteiger partial charge in [-0.3, -0.25) is 14.7 Å². The summed E-state index contributed by atoms with van der Waals surface area (Å²) in [6.45, 7) is 7.56. The van der Waals surface area contributed by atoms with E-state index in [9.17, 15) is 18.0 Å². The van der Waals surface area contributed by atoms with E-state index in [0.717, 1.165) is 71.5 Å². The molecule has 4 aromatic rings. The summed E-state index contributed by atoms with van der Waals surface area (Å²) in [6.07, 6.45) is -2.74. The molecule has 1 fully saturated rings. The monoisotopic (exact) mass is 561 g/mol. The third-order valence-corrected chi connectivity index (χ3v) is 7.75. The van der Waals surface area contributed by atoms with Crippen molar-refractivity contribution in [3.8, 4) is 0 Å². The fourth-order valence-electron chi connectivity index (χ4n) is 5.49. The molecule has 9 heteroatoms. The van der Waals surface area contributed by atoms with Crippen molar-refractivity contribution < 1.29 is 18.0 Å². The van der Waals surface area contributed by atoms with E-state index in [1.54, 1.807) is 0 Å². The van der Waals surface area contributed by atoms with Crippen LogP contribution in [0.3, 0.4) is 0 Å². The van der Waals surface area contributed by atoms with Crippen LogP contribution in [-0.2, 0) is 25.6 Å². The van der Waals surface area contributed by atoms with Crippen molar-refractivity contribution in [2.45, 2.75) is 39.4 Å². The number of fused-ring (bicyclic) bond motifs is 1. The number of rotatable bonds is 7. The molecule has 0 saturated carbocycles. The van der Waals surface area contributed by atoms with E-state index < -0.39 is 11.7 Å². The number of aromatic nitrogens is 1. The van der Waals surface area contributed by atoms with Crippen LogP contribution >= 0.6 is 0 Å². The smallest absolute Gasteiger partial charge is 0.398 e. The first kappa shape index (κ1) is 28.4. The number of piperazine rings is 1. The number of nitrogens with two attached hydrogens (primary N) is 1. The first-order valence-electron chi connectivity index (χ1n) is 13.9. The van der Waals surface area contributed by atoms with Crippen molar-refractivity contribution in [3.63, 3.8) is 0 Å². The number of halogens is 3. The zero-order valence-electron chi connectivity index (χ0n) is 23.3. The van der Waals surface area contributed by atoms with Gasteiger partial charge < -0.3 is 16.0 Å². The highest BCUT2D eigenvalue weighted by atomic mass is 19.4. The molecule has 3 N–H and O–H groups in total. The van der Waals surface area contributed by atoms with Gasteiger partial charge in [-0.05, 0) is 72.5 Å². The van der Waals surface area contributed by atoms with Gasteiger partial charge in [0.1, 0.15) is 0 Å². The van der Waals surface area contributed by atoms with E-state index in [1.807, 2.05) is 42.5 Å². The van der Waals surface area contributed by atoms with Gasteiger partial charge in [0.2, 0.25) is 0 Å². The van der Waals surface area contributed by atoms with Crippen LogP contribution < -0.4 is 16.0 Å². The summed E-state index contributed by atoms with van der Waals surface area (Å²) < 4.78 is 38.7. The van der Waals surface area contributed by atoms with Crippen molar-refractivity contribution in [1.29, 1.82) is 0 Å². The van der Waals surface area contributed by atoms with E-state index in [0.29, 0.717) is 36.6 Å². The molecule has 1 aliphatic rings. The molecule has 41 heavy (non-hydrogen) atoms. The van der Waals surface area contributed by atoms with Crippen LogP contribution in [0.1, 0.15) is 46.6 Å². The van der Waals surface area contributed by atoms with Crippen molar-refractivity contribution in [2.24, 2.45) is 0 Å². The molecule has 1 saturated heterocycles. The van der Waals surface area contributed by atoms with E-state index in [-0.39, 0.29) is 5.91 Å². The number of nitrogen functional groups attached to an aromatic ring is 1. The highest BCUT2D eigenvalue weighted by molar-refractivity contribution is 6.06. The molecule has 2 heterocycles. The Kier molecular flexibility index (Phi) is 8.17. The van der Waals surface area contributed by atoms with Crippen molar-refractivity contribution in [1.82, 2.24) is 9.88 Å². The third-order valence-electron chi connectivity index (χ3n) is 7.75. The van der Waals surface area contributed by atoms with Gasteiger partial charge in [0.25, 0.3) is 5.91 Å². The zero-order chi connectivity index (χ0) is 29.1. The minimum atomic E-state index is -4.34. The van der Waals surface area contributed by atoms with Crippen molar-refractivity contribution >= 4 is 33.9 Å². The molecule has 0 spiro atoms. The second-order valence-corrected chi connectivity index (χ2v) is 10.3. The van der Waals surface area contributed by atoms with Gasteiger partial charge in [0, 0.05) is 66.4 Å². The summed E-state index contributed by atoms with van der Waals surface area (Å²) in [5, 5.41) is 3.87. The lowest BCUT2D eigenvalue weighted by molar-refractivity contribution is -0.137. The Morgan fingerprint density at radius 1 is 0.951 bits per heavy atom. The van der Waals surface area contributed by atoms with Crippen molar-refractivity contribution in [2.75, 3.05) is 42.1 Å². The lowest BCUT2D eigenvalue weighted by atomic mass is 10.0. The lowest BCUT2D eigenvalue weighted by Crippen LogP contribution is -2.46. The van der Waals surface area contributed by atoms with E-state index in [4.69, 9.17) is 10.7 Å². The van der Waals surface area contributed by atoms with Crippen LogP contribution in [0.2, 0.25) is 0 Å². The molecule has 1 aliphatic heterocycles. The second-order valence-electron chi connectivity index (χ2n) is 10.3. The summed E-state index contributed by atoms with van der Waals surface area (Å²) in [6, 6.07) is 18.5. The van der Waals surface area contributed by atoms with Gasteiger partial charge in [-0.25, -0.2) is 0 Å². The van der Waals surface area contributed by atoms with Crippen LogP contribution in [0.4, 0.5) is 30.2 Å². The molecule has 5 rings (SSSR count). The minimum Gasteiger partial charge on any atom is -0.398 e. The number of alkyl halides is 3. The average Bonchev–Trinajstić information content (AvgIpc) is 2.97. The molecule has 214 valence electrons. The quantitative estimate of drug-likeness (QED) is 0.268. The normalized spacial score (nSPS) is 14.4. The molecule has 1 amide bonds. The van der Waals surface area contributed by atoms with Gasteiger partial charge in [-0.2, -0.15) is 13.2 Å². The predicted molar refractivity (Wildman–Crippen MR) is 158 cm³/mol. The maximum absolute atomic E-state index is 13.4. The molecule has 0 radical (unpaired) electrons. The zero-order valence-corrected chi connectivity index (χ0v) is 23.3. The third kappa shape index (κ3) is 6.15. The van der Waals surface area contributed by atoms with Gasteiger partial charge >= 0.3 is 6.18 Å². The number of nitrogens with one attached hydrogen (secondary N) is 1. The molecule has 3 aromatic carbocycles. The SMILES string of the molecule is CCc1nc2ccc(NC(=O)c3ccccc3CN3CCN(c4ccc(C(F)(F)F)cc4)CC3)cc2c(N)c1CC. The second kappa shape index (κ2) is 11.8. The summed E-state index contributed by atoms with van der Waals surface area (Å²) >= 11 is 0. The number of hydrogen-bond acceptors (Lipinski definition) is 5. The highest BCUT2D eigenvalue weighted by Crippen LogP contribution is 2.31. The average molecular weight is 562 g/mol. The maximum atomic E-state index is 13.4. The van der Waals surface area contributed by atoms with Crippen LogP contribution in [0.15, 0.2) is 66.7 Å². The fourth-order valence-corrected chi connectivity index (χ4v) is 5.49. The molecule has 0 aliphatic carbocycles. The Balaban J connectivity index is 1.26. The van der Waals surface area contributed by atoms with Crippen LogP contribution in [0.5, 0.6) is 0 Å². The van der Waals surface area contributed by atoms with Gasteiger partial charge in [-0.15, -0.1) is 0 Å². The van der Waals surface area contributed by atoms with Crippen LogP contribution in [-0.4, -0.2) is 42.0 Å². The largest absolute Gasteiger partial charge is 0.416 e. The number of amides is 1. The lowest BCUT2D eigenvalue weighted by Gasteiger charge is -2.36. The number of benzene rings is 3. The Bertz CT molecular complexity index is 1540. The summed E-state index contributed by atoms with van der Waals surface area (Å²) in [4.78, 5) is 22.5. The molecule has 0 atom stereocenters. The number of aryl methyl sites for hydroxylation is 1. The van der Waals surface area contributed by atoms with Crippen LogP contribution in [0, 0.1) is 0 Å².